The number of nitrogens with zero attached hydrogens (tertiary/aromatic N) is 1. The first-order valence-corrected chi connectivity index (χ1v) is 7.38. The van der Waals surface area contributed by atoms with E-state index >= 15 is 0 Å². The van der Waals surface area contributed by atoms with Crippen LogP contribution in [0, 0.1) is 6.92 Å². The molecule has 1 heterocycles. The maximum absolute atomic E-state index is 5.81. The number of hydrogen-bond donors (Lipinski definition) is 1. The molecule has 1 atom stereocenters. The van der Waals surface area contributed by atoms with E-state index in [9.17, 15) is 0 Å². The summed E-state index contributed by atoms with van der Waals surface area (Å²) in [6.07, 6.45) is 3.65. The molecular weight excluding hydrogens is 236 g/mol. The second-order valence-corrected chi connectivity index (χ2v) is 5.51. The highest BCUT2D eigenvalue weighted by atomic mass is 16.5. The molecular formula is C16H26N2O. The summed E-state index contributed by atoms with van der Waals surface area (Å²) in [5, 5.41) is 3.57. The normalized spacial score (nSPS) is 19.6. The van der Waals surface area contributed by atoms with Crippen molar-refractivity contribution in [2.45, 2.75) is 39.2 Å². The molecule has 0 aromatic heterocycles. The van der Waals surface area contributed by atoms with Crippen molar-refractivity contribution in [3.63, 3.8) is 0 Å². The van der Waals surface area contributed by atoms with Gasteiger partial charge in [-0.2, -0.15) is 0 Å². The number of benzene rings is 1. The lowest BCUT2D eigenvalue weighted by Gasteiger charge is -2.21. The van der Waals surface area contributed by atoms with E-state index in [1.807, 2.05) is 0 Å². The van der Waals surface area contributed by atoms with Crippen LogP contribution in [-0.4, -0.2) is 37.7 Å². The van der Waals surface area contributed by atoms with Crippen molar-refractivity contribution in [1.82, 2.24) is 4.90 Å². The van der Waals surface area contributed by atoms with Gasteiger partial charge in [0.1, 0.15) is 5.75 Å². The monoisotopic (exact) mass is 262 g/mol. The molecule has 1 aliphatic rings. The summed E-state index contributed by atoms with van der Waals surface area (Å²) in [4.78, 5) is 2.44. The molecule has 106 valence electrons. The zero-order valence-electron chi connectivity index (χ0n) is 12.4. The largest absolute Gasteiger partial charge is 0.491 e. The number of ether oxygens (including phenoxy) is 1. The summed E-state index contributed by atoms with van der Waals surface area (Å²) in [6.45, 7) is 7.26. The zero-order valence-corrected chi connectivity index (χ0v) is 12.4. The smallest absolute Gasteiger partial charge is 0.142 e. The van der Waals surface area contributed by atoms with Gasteiger partial charge in [0.25, 0.3) is 0 Å². The van der Waals surface area contributed by atoms with Crippen LogP contribution in [0.4, 0.5) is 5.69 Å². The van der Waals surface area contributed by atoms with Gasteiger partial charge in [-0.25, -0.2) is 0 Å². The van der Waals surface area contributed by atoms with Gasteiger partial charge in [0.15, 0.2) is 0 Å². The molecule has 1 N–H and O–H groups in total. The Morgan fingerprint density at radius 2 is 2.26 bits per heavy atom. The molecule has 0 saturated carbocycles. The fourth-order valence-corrected chi connectivity index (χ4v) is 2.58. The van der Waals surface area contributed by atoms with Gasteiger partial charge in [-0.1, -0.05) is 13.0 Å². The van der Waals surface area contributed by atoms with Crippen LogP contribution >= 0.6 is 0 Å². The van der Waals surface area contributed by atoms with Crippen molar-refractivity contribution >= 4 is 5.69 Å². The van der Waals surface area contributed by atoms with Crippen LogP contribution in [0.3, 0.4) is 0 Å². The lowest BCUT2D eigenvalue weighted by atomic mass is 10.2. The molecule has 1 unspecified atom stereocenters. The van der Waals surface area contributed by atoms with Crippen LogP contribution in [0.5, 0.6) is 5.75 Å². The van der Waals surface area contributed by atoms with Crippen molar-refractivity contribution < 1.29 is 4.74 Å². The molecule has 19 heavy (non-hydrogen) atoms. The molecule has 1 aromatic carbocycles. The minimum atomic E-state index is 0.652. The highest BCUT2D eigenvalue weighted by Crippen LogP contribution is 2.26. The van der Waals surface area contributed by atoms with Crippen molar-refractivity contribution in [2.75, 3.05) is 32.1 Å². The van der Waals surface area contributed by atoms with Crippen LogP contribution in [0.1, 0.15) is 31.7 Å². The Balaban J connectivity index is 1.98. The molecule has 1 aliphatic heterocycles. The van der Waals surface area contributed by atoms with Crippen molar-refractivity contribution in [3.05, 3.63) is 23.8 Å². The number of likely N-dealkylation sites (N-methyl/N-ethyl adjacent to an activating group) is 1. The van der Waals surface area contributed by atoms with Crippen molar-refractivity contribution in [2.24, 2.45) is 0 Å². The Bertz CT molecular complexity index is 406. The number of aryl methyl sites for hydroxylation is 1. The van der Waals surface area contributed by atoms with Gasteiger partial charge in [-0.3, -0.25) is 0 Å². The third-order valence-corrected chi connectivity index (χ3v) is 3.80. The quantitative estimate of drug-likeness (QED) is 0.851. The number of hydrogen-bond acceptors (Lipinski definition) is 3. The minimum Gasteiger partial charge on any atom is -0.491 e. The second-order valence-electron chi connectivity index (χ2n) is 5.51. The molecule has 0 radical (unpaired) electrons. The molecule has 3 nitrogen and oxygen atoms in total. The summed E-state index contributed by atoms with van der Waals surface area (Å²) >= 11 is 0. The molecule has 0 amide bonds. The van der Waals surface area contributed by atoms with E-state index < -0.39 is 0 Å². The number of nitrogens with one attached hydrogen (secondary N) is 1. The van der Waals surface area contributed by atoms with E-state index in [1.54, 1.807) is 0 Å². The Morgan fingerprint density at radius 1 is 1.42 bits per heavy atom. The van der Waals surface area contributed by atoms with Crippen LogP contribution in [-0.2, 0) is 0 Å². The Kier molecular flexibility index (Phi) is 5.08. The Hall–Kier alpha value is -1.22. The summed E-state index contributed by atoms with van der Waals surface area (Å²) in [7, 11) is 2.21. The van der Waals surface area contributed by atoms with Crippen LogP contribution < -0.4 is 10.1 Å². The van der Waals surface area contributed by atoms with Crippen LogP contribution in [0.25, 0.3) is 0 Å². The summed E-state index contributed by atoms with van der Waals surface area (Å²) < 4.78 is 5.81. The molecule has 0 bridgehead atoms. The van der Waals surface area contributed by atoms with E-state index in [-0.39, 0.29) is 0 Å². The highest BCUT2D eigenvalue weighted by Gasteiger charge is 2.20. The number of likely N-dealkylation sites (tertiary alicyclic amines) is 1. The van der Waals surface area contributed by atoms with Gasteiger partial charge in [0.05, 0.1) is 12.3 Å². The van der Waals surface area contributed by atoms with Gasteiger partial charge in [0, 0.05) is 12.6 Å². The minimum absolute atomic E-state index is 0.652. The van der Waals surface area contributed by atoms with E-state index in [4.69, 9.17) is 4.74 Å². The maximum atomic E-state index is 5.81. The van der Waals surface area contributed by atoms with Gasteiger partial charge < -0.3 is 15.0 Å². The molecule has 1 fully saturated rings. The summed E-state index contributed by atoms with van der Waals surface area (Å²) in [5.74, 6) is 0.980. The van der Waals surface area contributed by atoms with E-state index in [2.05, 4.69) is 49.3 Å². The molecule has 1 saturated heterocycles. The van der Waals surface area contributed by atoms with Gasteiger partial charge >= 0.3 is 0 Å². The molecule has 0 aliphatic carbocycles. The van der Waals surface area contributed by atoms with Crippen LogP contribution in [0.2, 0.25) is 0 Å². The average molecular weight is 262 g/mol. The van der Waals surface area contributed by atoms with Gasteiger partial charge in [-0.15, -0.1) is 0 Å². The number of rotatable bonds is 6. The zero-order chi connectivity index (χ0) is 13.7. The SMILES string of the molecule is CCCOc1ccc(C)cc1NCC1CCCN1C. The van der Waals surface area contributed by atoms with E-state index in [1.165, 1.54) is 24.9 Å². The third-order valence-electron chi connectivity index (χ3n) is 3.80. The lowest BCUT2D eigenvalue weighted by molar-refractivity contribution is 0.314. The molecule has 2 rings (SSSR count). The predicted octanol–water partition coefficient (Wildman–Crippen LogP) is 3.29. The highest BCUT2D eigenvalue weighted by molar-refractivity contribution is 5.58. The standard InChI is InChI=1S/C16H26N2O/c1-4-10-19-16-8-7-13(2)11-15(16)17-12-14-6-5-9-18(14)3/h7-8,11,14,17H,4-6,9-10,12H2,1-3H3. The van der Waals surface area contributed by atoms with E-state index in [0.29, 0.717) is 6.04 Å². The topological polar surface area (TPSA) is 24.5 Å². The molecule has 3 heteroatoms. The fraction of sp³-hybridized carbons (Fsp3) is 0.625. The average Bonchev–Trinajstić information content (AvgIpc) is 2.81. The summed E-state index contributed by atoms with van der Waals surface area (Å²) in [5.41, 5.74) is 2.40. The molecule has 0 spiro atoms. The number of anilines is 1. The first-order chi connectivity index (χ1) is 9.20. The van der Waals surface area contributed by atoms with E-state index in [0.717, 1.165) is 31.0 Å². The fourth-order valence-electron chi connectivity index (χ4n) is 2.58. The van der Waals surface area contributed by atoms with Gasteiger partial charge in [0.2, 0.25) is 0 Å². The van der Waals surface area contributed by atoms with Crippen molar-refractivity contribution in [1.29, 1.82) is 0 Å². The first-order valence-electron chi connectivity index (χ1n) is 7.38. The van der Waals surface area contributed by atoms with Crippen molar-refractivity contribution in [3.8, 4) is 5.75 Å². The Morgan fingerprint density at radius 3 is 2.95 bits per heavy atom. The lowest BCUT2D eigenvalue weighted by Crippen LogP contribution is -2.31. The van der Waals surface area contributed by atoms with Gasteiger partial charge in [-0.05, 0) is 57.5 Å². The Labute approximate surface area is 116 Å². The predicted molar refractivity (Wildman–Crippen MR) is 81.1 cm³/mol. The third kappa shape index (κ3) is 3.87. The maximum Gasteiger partial charge on any atom is 0.142 e. The second kappa shape index (κ2) is 6.80. The summed E-state index contributed by atoms with van der Waals surface area (Å²) in [6, 6.07) is 7.02. The molecule has 1 aromatic rings. The first kappa shape index (κ1) is 14.2. The van der Waals surface area contributed by atoms with Crippen LogP contribution in [0.15, 0.2) is 18.2 Å².